The summed E-state index contributed by atoms with van der Waals surface area (Å²) in [4.78, 5) is 0. The van der Waals surface area contributed by atoms with Crippen LogP contribution >= 0.6 is 0 Å². The molecule has 0 aliphatic carbocycles. The first-order chi connectivity index (χ1) is 7.79. The van der Waals surface area contributed by atoms with Crippen molar-refractivity contribution < 1.29 is 4.42 Å². The Morgan fingerprint density at radius 3 is 2.81 bits per heavy atom. The Morgan fingerprint density at radius 1 is 1.25 bits per heavy atom. The van der Waals surface area contributed by atoms with Crippen molar-refractivity contribution in [2.45, 2.75) is 13.5 Å². The van der Waals surface area contributed by atoms with Gasteiger partial charge >= 0.3 is 6.01 Å². The first-order valence-corrected chi connectivity index (χ1v) is 5.09. The molecule has 2 rings (SSSR count). The number of hydrogen-bond donors (Lipinski definition) is 2. The number of hydrogen-bond acceptors (Lipinski definition) is 5. The summed E-state index contributed by atoms with van der Waals surface area (Å²) in [5.74, 6) is 0.568. The highest BCUT2D eigenvalue weighted by Crippen LogP contribution is 2.18. The number of benzene rings is 1. The van der Waals surface area contributed by atoms with Gasteiger partial charge in [0.15, 0.2) is 0 Å². The van der Waals surface area contributed by atoms with E-state index in [0.29, 0.717) is 18.5 Å². The number of aromatic nitrogens is 2. The van der Waals surface area contributed by atoms with Gasteiger partial charge in [0.2, 0.25) is 5.89 Å². The Bertz CT molecular complexity index is 467. The normalized spacial score (nSPS) is 10.4. The molecule has 0 amide bonds. The molecule has 5 nitrogen and oxygen atoms in total. The lowest BCUT2D eigenvalue weighted by Gasteiger charge is -2.03. The third kappa shape index (κ3) is 2.38. The Labute approximate surface area is 93.9 Å². The molecule has 0 saturated carbocycles. The monoisotopic (exact) mass is 218 g/mol. The molecule has 0 aliphatic heterocycles. The van der Waals surface area contributed by atoms with E-state index in [1.54, 1.807) is 0 Å². The molecule has 0 spiro atoms. The highest BCUT2D eigenvalue weighted by molar-refractivity contribution is 5.56. The van der Waals surface area contributed by atoms with Gasteiger partial charge in [0, 0.05) is 5.69 Å². The molecule has 2 aromatic rings. The number of para-hydroxylation sites is 1. The fraction of sp³-hybridized carbons (Fsp3) is 0.273. The lowest BCUT2D eigenvalue weighted by atomic mass is 10.2. The molecule has 2 N–H and O–H groups in total. The van der Waals surface area contributed by atoms with Gasteiger partial charge in [-0.1, -0.05) is 23.3 Å². The van der Waals surface area contributed by atoms with Gasteiger partial charge < -0.3 is 15.1 Å². The van der Waals surface area contributed by atoms with Crippen molar-refractivity contribution in [3.8, 4) is 0 Å². The maximum atomic E-state index is 5.39. The van der Waals surface area contributed by atoms with Gasteiger partial charge in [0.25, 0.3) is 0 Å². The highest BCUT2D eigenvalue weighted by Gasteiger charge is 2.05. The van der Waals surface area contributed by atoms with Gasteiger partial charge in [0.05, 0.1) is 6.54 Å². The van der Waals surface area contributed by atoms with Crippen LogP contribution in [0.2, 0.25) is 0 Å². The van der Waals surface area contributed by atoms with Gasteiger partial charge in [-0.25, -0.2) is 0 Å². The van der Waals surface area contributed by atoms with Crippen LogP contribution in [0.5, 0.6) is 0 Å². The number of anilines is 2. The molecule has 16 heavy (non-hydrogen) atoms. The van der Waals surface area contributed by atoms with E-state index in [4.69, 9.17) is 4.42 Å². The van der Waals surface area contributed by atoms with E-state index in [1.807, 2.05) is 38.2 Å². The molecule has 84 valence electrons. The van der Waals surface area contributed by atoms with Crippen LogP contribution in [0.3, 0.4) is 0 Å². The Kier molecular flexibility index (Phi) is 3.16. The summed E-state index contributed by atoms with van der Waals surface area (Å²) in [6.07, 6.45) is 0. The summed E-state index contributed by atoms with van der Waals surface area (Å²) < 4.78 is 5.39. The minimum atomic E-state index is 0.416. The second kappa shape index (κ2) is 4.76. The highest BCUT2D eigenvalue weighted by atomic mass is 16.4. The third-order valence-corrected chi connectivity index (χ3v) is 2.18. The summed E-state index contributed by atoms with van der Waals surface area (Å²) in [7, 11) is 1.83. The molecular formula is C11H14N4O. The summed E-state index contributed by atoms with van der Waals surface area (Å²) in [6.45, 7) is 2.59. The molecule has 1 aromatic heterocycles. The summed E-state index contributed by atoms with van der Waals surface area (Å²) >= 11 is 0. The van der Waals surface area contributed by atoms with Crippen molar-refractivity contribution in [1.82, 2.24) is 15.5 Å². The molecule has 5 heteroatoms. The predicted molar refractivity (Wildman–Crippen MR) is 61.5 cm³/mol. The zero-order chi connectivity index (χ0) is 11.4. The van der Waals surface area contributed by atoms with Crippen LogP contribution in [0.15, 0.2) is 28.7 Å². The SMILES string of the molecule is CNCc1nnc(Nc2ccccc2C)o1. The summed E-state index contributed by atoms with van der Waals surface area (Å²) in [6, 6.07) is 8.35. The van der Waals surface area contributed by atoms with Crippen LogP contribution < -0.4 is 10.6 Å². The molecule has 1 heterocycles. The molecule has 0 saturated heterocycles. The quantitative estimate of drug-likeness (QED) is 0.819. The van der Waals surface area contributed by atoms with Crippen molar-refractivity contribution in [2.75, 3.05) is 12.4 Å². The lowest BCUT2D eigenvalue weighted by Crippen LogP contribution is -2.04. The molecule has 0 atom stereocenters. The molecule has 0 bridgehead atoms. The number of rotatable bonds is 4. The molecule has 0 aliphatic rings. The van der Waals surface area contributed by atoms with Gasteiger partial charge in [-0.05, 0) is 25.6 Å². The van der Waals surface area contributed by atoms with Crippen molar-refractivity contribution in [2.24, 2.45) is 0 Å². The number of nitrogens with one attached hydrogen (secondary N) is 2. The first kappa shape index (κ1) is 10.6. The Morgan fingerprint density at radius 2 is 2.06 bits per heavy atom. The van der Waals surface area contributed by atoms with Crippen LogP contribution in [0, 0.1) is 6.92 Å². The van der Waals surface area contributed by atoms with Crippen molar-refractivity contribution >= 4 is 11.7 Å². The van der Waals surface area contributed by atoms with Gasteiger partial charge in [0.1, 0.15) is 0 Å². The van der Waals surface area contributed by atoms with E-state index < -0.39 is 0 Å². The van der Waals surface area contributed by atoms with Crippen molar-refractivity contribution in [1.29, 1.82) is 0 Å². The minimum absolute atomic E-state index is 0.416. The van der Waals surface area contributed by atoms with E-state index in [2.05, 4.69) is 20.8 Å². The van der Waals surface area contributed by atoms with E-state index in [-0.39, 0.29) is 0 Å². The smallest absolute Gasteiger partial charge is 0.320 e. The minimum Gasteiger partial charge on any atom is -0.406 e. The standard InChI is InChI=1S/C11H14N4O/c1-8-5-3-4-6-9(8)13-11-15-14-10(16-11)7-12-2/h3-6,12H,7H2,1-2H3,(H,13,15). The zero-order valence-corrected chi connectivity index (χ0v) is 9.32. The van der Waals surface area contributed by atoms with E-state index in [9.17, 15) is 0 Å². The molecular weight excluding hydrogens is 204 g/mol. The van der Waals surface area contributed by atoms with Gasteiger partial charge in [-0.2, -0.15) is 0 Å². The van der Waals surface area contributed by atoms with E-state index in [1.165, 1.54) is 0 Å². The first-order valence-electron chi connectivity index (χ1n) is 5.09. The number of aryl methyl sites for hydroxylation is 1. The van der Waals surface area contributed by atoms with Crippen molar-refractivity contribution in [3.05, 3.63) is 35.7 Å². The average Bonchev–Trinajstić information content (AvgIpc) is 2.70. The maximum Gasteiger partial charge on any atom is 0.320 e. The van der Waals surface area contributed by atoms with Crippen LogP contribution in [-0.2, 0) is 6.54 Å². The largest absolute Gasteiger partial charge is 0.406 e. The predicted octanol–water partition coefficient (Wildman–Crippen LogP) is 1.84. The lowest BCUT2D eigenvalue weighted by molar-refractivity contribution is 0.493. The average molecular weight is 218 g/mol. The van der Waals surface area contributed by atoms with Crippen LogP contribution in [0.4, 0.5) is 11.7 Å². The number of nitrogens with zero attached hydrogens (tertiary/aromatic N) is 2. The van der Waals surface area contributed by atoms with Gasteiger partial charge in [-0.3, -0.25) is 0 Å². The molecule has 0 unspecified atom stereocenters. The molecule has 0 fully saturated rings. The summed E-state index contributed by atoms with van der Waals surface area (Å²) in [5.41, 5.74) is 2.11. The van der Waals surface area contributed by atoms with E-state index in [0.717, 1.165) is 11.3 Å². The van der Waals surface area contributed by atoms with Gasteiger partial charge in [-0.15, -0.1) is 5.10 Å². The Hall–Kier alpha value is -1.88. The topological polar surface area (TPSA) is 63.0 Å². The fourth-order valence-electron chi connectivity index (χ4n) is 1.36. The Balaban J connectivity index is 2.11. The molecule has 0 radical (unpaired) electrons. The maximum absolute atomic E-state index is 5.39. The van der Waals surface area contributed by atoms with Crippen LogP contribution in [0.1, 0.15) is 11.5 Å². The molecule has 1 aromatic carbocycles. The summed E-state index contributed by atoms with van der Waals surface area (Å²) in [5, 5.41) is 13.8. The van der Waals surface area contributed by atoms with Crippen molar-refractivity contribution in [3.63, 3.8) is 0 Å². The van der Waals surface area contributed by atoms with Crippen LogP contribution in [0.25, 0.3) is 0 Å². The van der Waals surface area contributed by atoms with Crippen LogP contribution in [-0.4, -0.2) is 17.2 Å². The van der Waals surface area contributed by atoms with E-state index >= 15 is 0 Å². The zero-order valence-electron chi connectivity index (χ0n) is 9.32. The second-order valence-corrected chi connectivity index (χ2v) is 3.47. The second-order valence-electron chi connectivity index (χ2n) is 3.47. The fourth-order valence-corrected chi connectivity index (χ4v) is 1.36. The third-order valence-electron chi connectivity index (χ3n) is 2.18.